The van der Waals surface area contributed by atoms with Crippen LogP contribution in [0.5, 0.6) is 5.75 Å². The summed E-state index contributed by atoms with van der Waals surface area (Å²) in [7, 11) is 1.82. The van der Waals surface area contributed by atoms with Gasteiger partial charge in [0.1, 0.15) is 29.5 Å². The van der Waals surface area contributed by atoms with E-state index >= 15 is 0 Å². The van der Waals surface area contributed by atoms with Gasteiger partial charge in [0.2, 0.25) is 5.91 Å². The fourth-order valence-corrected chi connectivity index (χ4v) is 3.69. The highest BCUT2D eigenvalue weighted by Gasteiger charge is 2.17. The Morgan fingerprint density at radius 1 is 1.28 bits per heavy atom. The zero-order valence-electron chi connectivity index (χ0n) is 16.8. The van der Waals surface area contributed by atoms with E-state index in [0.29, 0.717) is 33.1 Å². The molecule has 32 heavy (non-hydrogen) atoms. The summed E-state index contributed by atoms with van der Waals surface area (Å²) in [6.07, 6.45) is 8.00. The first-order valence-corrected chi connectivity index (χ1v) is 10.1. The highest BCUT2D eigenvalue weighted by atomic mass is 35.5. The first-order valence-electron chi connectivity index (χ1n) is 9.35. The van der Waals surface area contributed by atoms with Crippen molar-refractivity contribution in [1.29, 1.82) is 5.26 Å². The van der Waals surface area contributed by atoms with E-state index in [2.05, 4.69) is 28.2 Å². The number of pyridine rings is 1. The van der Waals surface area contributed by atoms with Crippen molar-refractivity contribution in [2.24, 2.45) is 7.05 Å². The third-order valence-electron chi connectivity index (χ3n) is 4.74. The van der Waals surface area contributed by atoms with Gasteiger partial charge in [-0.1, -0.05) is 29.8 Å². The van der Waals surface area contributed by atoms with Gasteiger partial charge in [0.15, 0.2) is 0 Å². The minimum atomic E-state index is -0.398. The van der Waals surface area contributed by atoms with Gasteiger partial charge in [-0.25, -0.2) is 4.52 Å². The van der Waals surface area contributed by atoms with E-state index in [1.807, 2.05) is 13.2 Å². The molecule has 160 valence electrons. The number of aryl methyl sites for hydroxylation is 1. The van der Waals surface area contributed by atoms with E-state index in [1.165, 1.54) is 6.20 Å². The molecular weight excluding hydrogens is 451 g/mol. The molecule has 0 saturated heterocycles. The van der Waals surface area contributed by atoms with Crippen molar-refractivity contribution in [3.05, 3.63) is 76.8 Å². The van der Waals surface area contributed by atoms with Crippen LogP contribution in [0.3, 0.4) is 0 Å². The summed E-state index contributed by atoms with van der Waals surface area (Å²) >= 11 is 12.8. The molecule has 1 aromatic carbocycles. The van der Waals surface area contributed by atoms with Crippen LogP contribution in [0.4, 0.5) is 5.69 Å². The Balaban J connectivity index is 1.74. The van der Waals surface area contributed by atoms with E-state index < -0.39 is 5.91 Å². The number of ether oxygens (including phenoxy) is 1. The highest BCUT2D eigenvalue weighted by molar-refractivity contribution is 6.38. The molecule has 0 spiro atoms. The number of nitrogens with zero attached hydrogens (tertiary/aromatic N) is 5. The Hall–Kier alpha value is -3.80. The smallest absolute Gasteiger partial charge is 0.247 e. The lowest BCUT2D eigenvalue weighted by molar-refractivity contribution is -0.111. The van der Waals surface area contributed by atoms with E-state index in [0.717, 1.165) is 17.2 Å². The largest absolute Gasteiger partial charge is 0.486 e. The van der Waals surface area contributed by atoms with Crippen molar-refractivity contribution in [3.8, 4) is 22.9 Å². The lowest BCUT2D eigenvalue weighted by Gasteiger charge is -2.14. The van der Waals surface area contributed by atoms with Crippen molar-refractivity contribution >= 4 is 40.3 Å². The number of halogens is 2. The van der Waals surface area contributed by atoms with Gasteiger partial charge in [-0.15, -0.1) is 0 Å². The van der Waals surface area contributed by atoms with Crippen molar-refractivity contribution in [2.75, 3.05) is 5.32 Å². The van der Waals surface area contributed by atoms with E-state index in [1.54, 1.807) is 39.8 Å². The Bertz CT molecular complexity index is 1400. The summed E-state index contributed by atoms with van der Waals surface area (Å²) in [6.45, 7) is 3.43. The number of hydrogen-bond donors (Lipinski definition) is 1. The lowest BCUT2D eigenvalue weighted by atomic mass is 10.1. The van der Waals surface area contributed by atoms with Crippen LogP contribution < -0.4 is 10.1 Å². The number of nitrogens with one attached hydrogen (secondary N) is 1. The minimum absolute atomic E-state index is 0.00231. The zero-order valence-corrected chi connectivity index (χ0v) is 18.4. The standard InChI is InChI=1S/C22H16Cl2N6O2/c1-3-20(31)28-18-5-4-17(23)16(21(18)24)12-32-19-6-13(15-9-26-29(2)10-15)11-30-22(19)14(7-25)8-27-30/h3-6,8-11H,1,12H2,2H3,(H,28,31). The molecule has 10 heteroatoms. The molecule has 0 atom stereocenters. The molecule has 0 aliphatic rings. The second kappa shape index (κ2) is 8.75. The van der Waals surface area contributed by atoms with Gasteiger partial charge in [-0.05, 0) is 24.3 Å². The molecular formula is C22H16Cl2N6O2. The number of hydrogen-bond acceptors (Lipinski definition) is 5. The summed E-state index contributed by atoms with van der Waals surface area (Å²) in [5.74, 6) is 0.0259. The van der Waals surface area contributed by atoms with Crippen LogP contribution in [0.2, 0.25) is 10.0 Å². The number of anilines is 1. The molecule has 4 aromatic rings. The van der Waals surface area contributed by atoms with Crippen LogP contribution in [-0.4, -0.2) is 25.3 Å². The number of aromatic nitrogens is 4. The molecule has 0 bridgehead atoms. The average molecular weight is 467 g/mol. The maximum atomic E-state index is 11.7. The van der Waals surface area contributed by atoms with E-state index in [9.17, 15) is 10.1 Å². The monoisotopic (exact) mass is 466 g/mol. The fourth-order valence-electron chi connectivity index (χ4n) is 3.16. The summed E-state index contributed by atoms with van der Waals surface area (Å²) in [4.78, 5) is 11.7. The maximum absolute atomic E-state index is 11.7. The molecule has 8 nitrogen and oxygen atoms in total. The molecule has 0 fully saturated rings. The quantitative estimate of drug-likeness (QED) is 0.418. The van der Waals surface area contributed by atoms with Gasteiger partial charge >= 0.3 is 0 Å². The van der Waals surface area contributed by atoms with Crippen LogP contribution in [0.1, 0.15) is 11.1 Å². The average Bonchev–Trinajstić information content (AvgIpc) is 3.41. The van der Waals surface area contributed by atoms with Crippen molar-refractivity contribution in [3.63, 3.8) is 0 Å². The van der Waals surface area contributed by atoms with Gasteiger partial charge in [0, 0.05) is 41.2 Å². The molecule has 0 saturated carbocycles. The first-order chi connectivity index (χ1) is 15.4. The topological polar surface area (TPSA) is 97.2 Å². The molecule has 0 aliphatic heterocycles. The van der Waals surface area contributed by atoms with Gasteiger partial charge < -0.3 is 10.1 Å². The number of fused-ring (bicyclic) bond motifs is 1. The van der Waals surface area contributed by atoms with Crippen LogP contribution >= 0.6 is 23.2 Å². The third kappa shape index (κ3) is 4.04. The summed E-state index contributed by atoms with van der Waals surface area (Å²) in [5.41, 5.74) is 3.41. The first kappa shape index (κ1) is 21.4. The zero-order chi connectivity index (χ0) is 22.8. The SMILES string of the molecule is C=CC(=O)Nc1ccc(Cl)c(COc2cc(-c3cnn(C)c3)cn3ncc(C#N)c23)c1Cl. The fraction of sp³-hybridized carbons (Fsp3) is 0.0909. The Kier molecular flexibility index (Phi) is 5.86. The van der Waals surface area contributed by atoms with Gasteiger partial charge in [0.25, 0.3) is 0 Å². The van der Waals surface area contributed by atoms with Crippen LogP contribution in [0, 0.1) is 11.3 Å². The number of carbonyl (C=O) groups is 1. The number of carbonyl (C=O) groups excluding carboxylic acids is 1. The minimum Gasteiger partial charge on any atom is -0.486 e. The molecule has 0 radical (unpaired) electrons. The second-order valence-electron chi connectivity index (χ2n) is 6.83. The van der Waals surface area contributed by atoms with Gasteiger partial charge in [-0.2, -0.15) is 15.5 Å². The molecule has 3 heterocycles. The normalized spacial score (nSPS) is 10.7. The number of amides is 1. The Labute approximate surface area is 193 Å². The molecule has 3 aromatic heterocycles. The predicted molar refractivity (Wildman–Crippen MR) is 122 cm³/mol. The van der Waals surface area contributed by atoms with Crippen molar-refractivity contribution in [1.82, 2.24) is 19.4 Å². The highest BCUT2D eigenvalue weighted by Crippen LogP contribution is 2.35. The van der Waals surface area contributed by atoms with Crippen LogP contribution in [0.15, 0.2) is 55.6 Å². The van der Waals surface area contributed by atoms with Gasteiger partial charge in [0.05, 0.1) is 23.1 Å². The lowest BCUT2D eigenvalue weighted by Crippen LogP contribution is -2.09. The van der Waals surface area contributed by atoms with Crippen LogP contribution in [-0.2, 0) is 18.4 Å². The maximum Gasteiger partial charge on any atom is 0.247 e. The van der Waals surface area contributed by atoms with Crippen LogP contribution in [0.25, 0.3) is 16.6 Å². The molecule has 0 unspecified atom stereocenters. The van der Waals surface area contributed by atoms with Crippen molar-refractivity contribution < 1.29 is 9.53 Å². The van der Waals surface area contributed by atoms with Gasteiger partial charge in [-0.3, -0.25) is 9.48 Å². The molecule has 4 rings (SSSR count). The third-order valence-corrected chi connectivity index (χ3v) is 5.52. The molecule has 1 N–H and O–H groups in total. The second-order valence-corrected chi connectivity index (χ2v) is 7.61. The summed E-state index contributed by atoms with van der Waals surface area (Å²) < 4.78 is 9.35. The Morgan fingerprint density at radius 3 is 2.78 bits per heavy atom. The number of benzene rings is 1. The number of rotatable bonds is 6. The summed E-state index contributed by atoms with van der Waals surface area (Å²) in [5, 5.41) is 21.2. The molecule has 1 amide bonds. The van der Waals surface area contributed by atoms with E-state index in [4.69, 9.17) is 27.9 Å². The Morgan fingerprint density at radius 2 is 2.09 bits per heavy atom. The summed E-state index contributed by atoms with van der Waals surface area (Å²) in [6, 6.07) is 7.14. The molecule has 0 aliphatic carbocycles. The van der Waals surface area contributed by atoms with Crippen molar-refractivity contribution in [2.45, 2.75) is 6.61 Å². The predicted octanol–water partition coefficient (Wildman–Crippen LogP) is 4.62. The van der Waals surface area contributed by atoms with E-state index in [-0.39, 0.29) is 11.6 Å². The number of nitriles is 1.